The van der Waals surface area contributed by atoms with Crippen molar-refractivity contribution in [1.82, 2.24) is 10.1 Å². The summed E-state index contributed by atoms with van der Waals surface area (Å²) in [4.78, 5) is 16.6. The molecule has 0 unspecified atom stereocenters. The van der Waals surface area contributed by atoms with Gasteiger partial charge in [-0.2, -0.15) is 0 Å². The first-order valence-corrected chi connectivity index (χ1v) is 10.6. The van der Waals surface area contributed by atoms with E-state index in [1.165, 1.54) is 30.3 Å². The Morgan fingerprint density at radius 2 is 1.77 bits per heavy atom. The van der Waals surface area contributed by atoms with Gasteiger partial charge >= 0.3 is 0 Å². The van der Waals surface area contributed by atoms with Crippen molar-refractivity contribution in [3.8, 4) is 0 Å². The number of hydrogen-bond acceptors (Lipinski definition) is 6. The van der Waals surface area contributed by atoms with Crippen LogP contribution in [0, 0.1) is 19.7 Å². The Morgan fingerprint density at radius 3 is 2.52 bits per heavy atom. The van der Waals surface area contributed by atoms with E-state index < -0.39 is 21.7 Å². The lowest BCUT2D eigenvalue weighted by molar-refractivity contribution is 0.102. The summed E-state index contributed by atoms with van der Waals surface area (Å²) in [6.45, 7) is 3.58. The van der Waals surface area contributed by atoms with Crippen molar-refractivity contribution in [2.75, 3.05) is 10.0 Å². The number of hydrogen-bond donors (Lipinski definition) is 2. The highest BCUT2D eigenvalue weighted by molar-refractivity contribution is 7.92. The molecule has 158 valence electrons. The number of anilines is 2. The number of benzene rings is 2. The van der Waals surface area contributed by atoms with E-state index in [1.807, 2.05) is 6.92 Å². The smallest absolute Gasteiger partial charge is 0.274 e. The maximum atomic E-state index is 14.2. The Labute approximate surface area is 177 Å². The summed E-state index contributed by atoms with van der Waals surface area (Å²) in [6.07, 6.45) is 0. The van der Waals surface area contributed by atoms with E-state index in [4.69, 9.17) is 4.52 Å². The van der Waals surface area contributed by atoms with E-state index in [-0.39, 0.29) is 27.7 Å². The summed E-state index contributed by atoms with van der Waals surface area (Å²) >= 11 is 0. The van der Waals surface area contributed by atoms with Crippen LogP contribution in [0.4, 0.5) is 15.8 Å². The fraction of sp³-hybridized carbons (Fsp3) is 0.0952. The van der Waals surface area contributed by atoms with Crippen molar-refractivity contribution in [2.45, 2.75) is 18.7 Å². The second-order valence-corrected chi connectivity index (χ2v) is 8.57. The van der Waals surface area contributed by atoms with Crippen LogP contribution in [0.3, 0.4) is 0 Å². The van der Waals surface area contributed by atoms with E-state index in [0.29, 0.717) is 11.1 Å². The molecule has 0 aliphatic heterocycles. The zero-order valence-corrected chi connectivity index (χ0v) is 17.3. The third kappa shape index (κ3) is 4.24. The highest BCUT2D eigenvalue weighted by Crippen LogP contribution is 2.24. The molecule has 10 heteroatoms. The van der Waals surface area contributed by atoms with Crippen molar-refractivity contribution in [1.29, 1.82) is 0 Å². The largest absolute Gasteiger partial charge is 0.336 e. The second-order valence-electron chi connectivity index (χ2n) is 6.88. The summed E-state index contributed by atoms with van der Waals surface area (Å²) in [5.41, 5.74) is 1.71. The van der Waals surface area contributed by atoms with Crippen LogP contribution < -0.4 is 10.0 Å². The van der Waals surface area contributed by atoms with Crippen molar-refractivity contribution in [3.05, 3.63) is 77.4 Å². The molecule has 0 spiro atoms. The minimum absolute atomic E-state index is 0.00760. The predicted molar refractivity (Wildman–Crippen MR) is 113 cm³/mol. The van der Waals surface area contributed by atoms with Gasteiger partial charge in [0.25, 0.3) is 21.6 Å². The van der Waals surface area contributed by atoms with Crippen LogP contribution in [0.25, 0.3) is 11.1 Å². The van der Waals surface area contributed by atoms with Crippen LogP contribution in [0.15, 0.2) is 64.0 Å². The quantitative estimate of drug-likeness (QED) is 0.484. The minimum atomic E-state index is -4.01. The third-order valence-electron chi connectivity index (χ3n) is 4.55. The van der Waals surface area contributed by atoms with Gasteiger partial charge in [0.05, 0.1) is 21.7 Å². The fourth-order valence-electron chi connectivity index (χ4n) is 2.87. The van der Waals surface area contributed by atoms with Gasteiger partial charge in [0, 0.05) is 5.69 Å². The number of nitrogens with one attached hydrogen (secondary N) is 2. The second kappa shape index (κ2) is 7.80. The summed E-state index contributed by atoms with van der Waals surface area (Å²) < 4.78 is 46.6. The number of nitrogens with zero attached hydrogens (tertiary/aromatic N) is 2. The van der Waals surface area contributed by atoms with Gasteiger partial charge in [0.1, 0.15) is 11.5 Å². The highest BCUT2D eigenvalue weighted by Gasteiger charge is 2.18. The molecular weight excluding hydrogens is 423 g/mol. The van der Waals surface area contributed by atoms with Crippen LogP contribution >= 0.6 is 0 Å². The van der Waals surface area contributed by atoms with E-state index >= 15 is 0 Å². The molecule has 0 radical (unpaired) electrons. The minimum Gasteiger partial charge on any atom is -0.336 e. The summed E-state index contributed by atoms with van der Waals surface area (Å²) in [7, 11) is -4.01. The number of halogens is 1. The first kappa shape index (κ1) is 20.5. The number of rotatable bonds is 5. The van der Waals surface area contributed by atoms with E-state index in [1.54, 1.807) is 25.1 Å². The van der Waals surface area contributed by atoms with E-state index in [2.05, 4.69) is 20.2 Å². The molecule has 0 fully saturated rings. The molecule has 0 bridgehead atoms. The lowest BCUT2D eigenvalue weighted by Gasteiger charge is -2.11. The Morgan fingerprint density at radius 1 is 1.03 bits per heavy atom. The van der Waals surface area contributed by atoms with Gasteiger partial charge in [0.15, 0.2) is 0 Å². The zero-order chi connectivity index (χ0) is 22.2. The number of aryl methyl sites for hydroxylation is 2. The maximum absolute atomic E-state index is 14.2. The zero-order valence-electron chi connectivity index (χ0n) is 16.5. The first-order valence-electron chi connectivity index (χ1n) is 9.16. The van der Waals surface area contributed by atoms with Crippen LogP contribution in [0.2, 0.25) is 0 Å². The van der Waals surface area contributed by atoms with Gasteiger partial charge in [-0.1, -0.05) is 22.9 Å². The van der Waals surface area contributed by atoms with Crippen LogP contribution in [0.5, 0.6) is 0 Å². The van der Waals surface area contributed by atoms with Crippen molar-refractivity contribution in [3.63, 3.8) is 0 Å². The molecule has 4 rings (SSSR count). The normalized spacial score (nSPS) is 11.5. The first-order chi connectivity index (χ1) is 14.7. The monoisotopic (exact) mass is 440 g/mol. The molecule has 31 heavy (non-hydrogen) atoms. The van der Waals surface area contributed by atoms with Gasteiger partial charge in [-0.25, -0.2) is 17.8 Å². The Balaban J connectivity index is 1.56. The molecule has 2 heterocycles. The van der Waals surface area contributed by atoms with Gasteiger partial charge in [0.2, 0.25) is 0 Å². The lowest BCUT2D eigenvalue weighted by atomic mass is 10.2. The molecule has 0 aliphatic rings. The number of carbonyl (C=O) groups excluding carboxylic acids is 1. The molecule has 1 amide bonds. The Hall–Kier alpha value is -3.79. The SMILES string of the molecule is Cc1ccc(S(=O)(=O)Nc2cc(NC(=O)c3ccc4c(C)noc4n3)ccc2F)cc1. The highest BCUT2D eigenvalue weighted by atomic mass is 32.2. The average Bonchev–Trinajstić information content (AvgIpc) is 3.11. The molecule has 2 aromatic heterocycles. The summed E-state index contributed by atoms with van der Waals surface area (Å²) in [6, 6.07) is 12.9. The van der Waals surface area contributed by atoms with Crippen LogP contribution in [0.1, 0.15) is 21.7 Å². The fourth-order valence-corrected chi connectivity index (χ4v) is 3.93. The van der Waals surface area contributed by atoms with E-state index in [0.717, 1.165) is 11.6 Å². The number of fused-ring (bicyclic) bond motifs is 1. The molecule has 8 nitrogen and oxygen atoms in total. The standard InChI is InChI=1S/C21H17FN4O4S/c1-12-3-6-15(7-4-12)31(28,29)26-19-11-14(5-9-17(19)22)23-20(27)18-10-8-16-13(2)25-30-21(16)24-18/h3-11,26H,1-2H3,(H,23,27). The lowest BCUT2D eigenvalue weighted by Crippen LogP contribution is -2.16. The molecule has 2 N–H and O–H groups in total. The predicted octanol–water partition coefficient (Wildman–Crippen LogP) is 4.03. The van der Waals surface area contributed by atoms with Crippen molar-refractivity contribution in [2.24, 2.45) is 0 Å². The number of pyridine rings is 1. The maximum Gasteiger partial charge on any atom is 0.274 e. The van der Waals surface area contributed by atoms with Gasteiger partial charge in [-0.15, -0.1) is 0 Å². The van der Waals surface area contributed by atoms with Gasteiger partial charge < -0.3 is 9.84 Å². The summed E-state index contributed by atoms with van der Waals surface area (Å²) in [5.74, 6) is -1.36. The molecule has 0 aliphatic carbocycles. The number of amides is 1. The molecular formula is C21H17FN4O4S. The Bertz CT molecular complexity index is 1400. The van der Waals surface area contributed by atoms with Crippen LogP contribution in [-0.2, 0) is 10.0 Å². The molecule has 0 atom stereocenters. The topological polar surface area (TPSA) is 114 Å². The van der Waals surface area contributed by atoms with Crippen molar-refractivity contribution < 1.29 is 22.1 Å². The average molecular weight is 440 g/mol. The Kier molecular flexibility index (Phi) is 5.15. The number of carbonyl (C=O) groups is 1. The van der Waals surface area contributed by atoms with Crippen molar-refractivity contribution >= 4 is 38.4 Å². The van der Waals surface area contributed by atoms with Crippen LogP contribution in [-0.4, -0.2) is 24.5 Å². The van der Waals surface area contributed by atoms with Gasteiger partial charge in [-0.05, 0) is 56.3 Å². The molecule has 2 aromatic carbocycles. The molecule has 4 aromatic rings. The third-order valence-corrected chi connectivity index (χ3v) is 5.93. The van der Waals surface area contributed by atoms with E-state index in [9.17, 15) is 17.6 Å². The number of aromatic nitrogens is 2. The molecule has 0 saturated carbocycles. The summed E-state index contributed by atoms with van der Waals surface area (Å²) in [5, 5.41) is 7.04. The molecule has 0 saturated heterocycles. The van der Waals surface area contributed by atoms with Gasteiger partial charge in [-0.3, -0.25) is 9.52 Å². The number of sulfonamides is 1.